The Bertz CT molecular complexity index is 438. The lowest BCUT2D eigenvalue weighted by atomic mass is 9.95. The summed E-state index contributed by atoms with van der Waals surface area (Å²) in [5, 5.41) is 3.26. The number of carbonyl (C=O) groups excluding carboxylic acids is 1. The lowest BCUT2D eigenvalue weighted by Gasteiger charge is -2.16. The van der Waals surface area contributed by atoms with Crippen molar-refractivity contribution in [3.63, 3.8) is 0 Å². The summed E-state index contributed by atoms with van der Waals surface area (Å²) < 4.78 is 0. The van der Waals surface area contributed by atoms with Crippen molar-refractivity contribution in [2.75, 3.05) is 18.8 Å². The van der Waals surface area contributed by atoms with Gasteiger partial charge in [0.2, 0.25) is 0 Å². The Hall–Kier alpha value is -0.800. The summed E-state index contributed by atoms with van der Waals surface area (Å²) in [6.07, 6.45) is 3.36. The second kappa shape index (κ2) is 4.83. The Morgan fingerprint density at radius 3 is 3.18 bits per heavy atom. The highest BCUT2D eigenvalue weighted by Crippen LogP contribution is 2.31. The molecule has 3 rings (SSSR count). The normalized spacial score (nSPS) is 23.4. The summed E-state index contributed by atoms with van der Waals surface area (Å²) >= 11 is 1.92. The van der Waals surface area contributed by atoms with E-state index in [-0.39, 0.29) is 5.92 Å². The molecule has 1 aromatic carbocycles. The molecular weight excluding hydrogens is 230 g/mol. The number of ketones is 1. The topological polar surface area (TPSA) is 29.1 Å². The molecule has 0 aromatic heterocycles. The number of carbonyl (C=O) groups is 1. The van der Waals surface area contributed by atoms with Gasteiger partial charge in [-0.05, 0) is 49.3 Å². The Morgan fingerprint density at radius 1 is 1.41 bits per heavy atom. The molecule has 1 fully saturated rings. The first-order chi connectivity index (χ1) is 8.34. The van der Waals surface area contributed by atoms with E-state index in [1.807, 2.05) is 17.8 Å². The van der Waals surface area contributed by atoms with Crippen LogP contribution in [0.3, 0.4) is 0 Å². The van der Waals surface area contributed by atoms with Crippen molar-refractivity contribution in [2.24, 2.45) is 5.92 Å². The molecule has 1 N–H and O–H groups in total. The van der Waals surface area contributed by atoms with Gasteiger partial charge in [-0.2, -0.15) is 0 Å². The predicted molar refractivity (Wildman–Crippen MR) is 70.8 cm³/mol. The molecule has 2 aliphatic heterocycles. The Balaban J connectivity index is 1.85. The van der Waals surface area contributed by atoms with Crippen molar-refractivity contribution in [2.45, 2.75) is 24.2 Å². The zero-order valence-electron chi connectivity index (χ0n) is 9.87. The quantitative estimate of drug-likeness (QED) is 0.814. The van der Waals surface area contributed by atoms with Crippen molar-refractivity contribution < 1.29 is 4.79 Å². The molecule has 0 spiro atoms. The lowest BCUT2D eigenvalue weighted by molar-refractivity contribution is 0.0930. The highest BCUT2D eigenvalue weighted by Gasteiger charge is 2.24. The minimum absolute atomic E-state index is 0.198. The average Bonchev–Trinajstić information content (AvgIpc) is 2.91. The largest absolute Gasteiger partial charge is 0.316 e. The van der Waals surface area contributed by atoms with Crippen molar-refractivity contribution in [3.05, 3.63) is 29.3 Å². The van der Waals surface area contributed by atoms with Crippen LogP contribution in [0, 0.1) is 5.92 Å². The lowest BCUT2D eigenvalue weighted by Crippen LogP contribution is -2.18. The summed E-state index contributed by atoms with van der Waals surface area (Å²) in [6.45, 7) is 1.84. The molecule has 2 heterocycles. The van der Waals surface area contributed by atoms with E-state index in [0.717, 1.165) is 31.5 Å². The van der Waals surface area contributed by atoms with E-state index in [0.29, 0.717) is 5.78 Å². The van der Waals surface area contributed by atoms with Gasteiger partial charge in [-0.25, -0.2) is 0 Å². The zero-order chi connectivity index (χ0) is 11.7. The predicted octanol–water partition coefficient (Wildman–Crippen LogP) is 2.52. The third-order valence-electron chi connectivity index (χ3n) is 3.62. The minimum Gasteiger partial charge on any atom is -0.316 e. The van der Waals surface area contributed by atoms with Gasteiger partial charge in [-0.3, -0.25) is 4.79 Å². The van der Waals surface area contributed by atoms with Crippen LogP contribution in [0.25, 0.3) is 0 Å². The summed E-state index contributed by atoms with van der Waals surface area (Å²) in [4.78, 5) is 13.7. The SMILES string of the molecule is O=C(c1ccc2c(c1)CCCS2)C1CCNC1. The monoisotopic (exact) mass is 247 g/mol. The Kier molecular flexibility index (Phi) is 3.21. The fraction of sp³-hybridized carbons (Fsp3) is 0.500. The number of Topliss-reactive ketones (excluding diaryl/α,β-unsaturated/α-hetero) is 1. The van der Waals surface area contributed by atoms with Gasteiger partial charge in [-0.15, -0.1) is 11.8 Å². The first-order valence-corrected chi connectivity index (χ1v) is 7.34. The van der Waals surface area contributed by atoms with Crippen LogP contribution in [0.15, 0.2) is 23.1 Å². The second-order valence-electron chi connectivity index (χ2n) is 4.83. The van der Waals surface area contributed by atoms with Crippen LogP contribution < -0.4 is 5.32 Å². The van der Waals surface area contributed by atoms with E-state index in [9.17, 15) is 4.79 Å². The standard InChI is InChI=1S/C14H17NOS/c16-14(12-5-6-15-9-12)11-3-4-13-10(8-11)2-1-7-17-13/h3-4,8,12,15H,1-2,5-7,9H2. The van der Waals surface area contributed by atoms with E-state index in [4.69, 9.17) is 0 Å². The van der Waals surface area contributed by atoms with E-state index >= 15 is 0 Å². The van der Waals surface area contributed by atoms with Crippen LogP contribution in [0.5, 0.6) is 0 Å². The van der Waals surface area contributed by atoms with Crippen LogP contribution in [-0.2, 0) is 6.42 Å². The van der Waals surface area contributed by atoms with Crippen LogP contribution in [0.2, 0.25) is 0 Å². The number of nitrogens with one attached hydrogen (secondary N) is 1. The smallest absolute Gasteiger partial charge is 0.167 e. The van der Waals surface area contributed by atoms with E-state index in [1.165, 1.54) is 22.6 Å². The molecule has 1 saturated heterocycles. The number of thioether (sulfide) groups is 1. The third kappa shape index (κ3) is 2.26. The molecule has 1 aromatic rings. The fourth-order valence-electron chi connectivity index (χ4n) is 2.63. The van der Waals surface area contributed by atoms with Gasteiger partial charge in [0, 0.05) is 22.9 Å². The van der Waals surface area contributed by atoms with Crippen molar-refractivity contribution in [1.82, 2.24) is 5.32 Å². The van der Waals surface area contributed by atoms with E-state index < -0.39 is 0 Å². The summed E-state index contributed by atoms with van der Waals surface area (Å²) in [6, 6.07) is 6.27. The average molecular weight is 247 g/mol. The van der Waals surface area contributed by atoms with Gasteiger partial charge in [0.25, 0.3) is 0 Å². The van der Waals surface area contributed by atoms with Crippen LogP contribution in [-0.4, -0.2) is 24.6 Å². The fourth-order valence-corrected chi connectivity index (χ4v) is 3.65. The van der Waals surface area contributed by atoms with Crippen LogP contribution >= 0.6 is 11.8 Å². The second-order valence-corrected chi connectivity index (χ2v) is 5.97. The number of fused-ring (bicyclic) bond motifs is 1. The molecule has 1 atom stereocenters. The molecule has 90 valence electrons. The molecule has 0 radical (unpaired) electrons. The Morgan fingerprint density at radius 2 is 2.35 bits per heavy atom. The molecule has 2 nitrogen and oxygen atoms in total. The molecule has 17 heavy (non-hydrogen) atoms. The zero-order valence-corrected chi connectivity index (χ0v) is 10.7. The third-order valence-corrected chi connectivity index (χ3v) is 4.83. The maximum atomic E-state index is 12.3. The summed E-state index contributed by atoms with van der Waals surface area (Å²) in [5.41, 5.74) is 2.29. The first kappa shape index (κ1) is 11.3. The molecular formula is C14H17NOS. The van der Waals surface area contributed by atoms with Crippen molar-refractivity contribution in [3.8, 4) is 0 Å². The highest BCUT2D eigenvalue weighted by molar-refractivity contribution is 7.99. The maximum Gasteiger partial charge on any atom is 0.167 e. The number of rotatable bonds is 2. The maximum absolute atomic E-state index is 12.3. The summed E-state index contributed by atoms with van der Waals surface area (Å²) in [5.74, 6) is 1.74. The molecule has 0 aliphatic carbocycles. The van der Waals surface area contributed by atoms with Crippen LogP contribution in [0.1, 0.15) is 28.8 Å². The van der Waals surface area contributed by atoms with E-state index in [1.54, 1.807) is 0 Å². The molecule has 0 saturated carbocycles. The molecule has 2 aliphatic rings. The minimum atomic E-state index is 0.198. The van der Waals surface area contributed by atoms with Gasteiger partial charge >= 0.3 is 0 Å². The number of hydrogen-bond acceptors (Lipinski definition) is 3. The van der Waals surface area contributed by atoms with E-state index in [2.05, 4.69) is 17.4 Å². The van der Waals surface area contributed by atoms with Crippen molar-refractivity contribution in [1.29, 1.82) is 0 Å². The van der Waals surface area contributed by atoms with Gasteiger partial charge in [0.1, 0.15) is 0 Å². The van der Waals surface area contributed by atoms with Gasteiger partial charge in [0.15, 0.2) is 5.78 Å². The van der Waals surface area contributed by atoms with Crippen LogP contribution in [0.4, 0.5) is 0 Å². The first-order valence-electron chi connectivity index (χ1n) is 6.35. The number of hydrogen-bond donors (Lipinski definition) is 1. The van der Waals surface area contributed by atoms with Gasteiger partial charge < -0.3 is 5.32 Å². The molecule has 0 bridgehead atoms. The Labute approximate surface area is 106 Å². The molecule has 3 heteroatoms. The number of aryl methyl sites for hydroxylation is 1. The highest BCUT2D eigenvalue weighted by atomic mass is 32.2. The summed E-state index contributed by atoms with van der Waals surface area (Å²) in [7, 11) is 0. The van der Waals surface area contributed by atoms with Gasteiger partial charge in [-0.1, -0.05) is 6.07 Å². The van der Waals surface area contributed by atoms with Crippen molar-refractivity contribution >= 4 is 17.5 Å². The number of benzene rings is 1. The molecule has 0 amide bonds. The molecule has 1 unspecified atom stereocenters. The van der Waals surface area contributed by atoms with Gasteiger partial charge in [0.05, 0.1) is 0 Å².